The Kier molecular flexibility index (Phi) is 6.39. The number of rotatable bonds is 5. The largest absolute Gasteiger partial charge is 0.391 e. The van der Waals surface area contributed by atoms with Crippen molar-refractivity contribution in [1.82, 2.24) is 10.2 Å². The van der Waals surface area contributed by atoms with E-state index in [1.807, 2.05) is 26.0 Å². The average molecular weight is 414 g/mol. The molecule has 1 heterocycles. The zero-order valence-electron chi connectivity index (χ0n) is 16.9. The minimum absolute atomic E-state index is 0.0132. The van der Waals surface area contributed by atoms with Gasteiger partial charge >= 0.3 is 6.18 Å². The monoisotopic (exact) mass is 414 g/mol. The SMILES string of the molecule is CC(C)C[C@H](C(=O)NC1CCC(C(F)(F)F)CC1)N1C(=O)[C@@H]2CC=CC[C@H]2C1=O. The molecule has 8 heteroatoms. The topological polar surface area (TPSA) is 66.5 Å². The van der Waals surface area contributed by atoms with Gasteiger partial charge in [-0.2, -0.15) is 13.2 Å². The van der Waals surface area contributed by atoms with Crippen LogP contribution in [0.2, 0.25) is 0 Å². The summed E-state index contributed by atoms with van der Waals surface area (Å²) in [5.74, 6) is -3.08. The summed E-state index contributed by atoms with van der Waals surface area (Å²) in [5.41, 5.74) is 0. The zero-order chi connectivity index (χ0) is 21.3. The second-order valence-corrected chi connectivity index (χ2v) is 8.95. The fourth-order valence-corrected chi connectivity index (χ4v) is 4.77. The summed E-state index contributed by atoms with van der Waals surface area (Å²) in [5, 5.41) is 2.83. The van der Waals surface area contributed by atoms with Gasteiger partial charge in [0.05, 0.1) is 17.8 Å². The van der Waals surface area contributed by atoms with Gasteiger partial charge in [-0.05, 0) is 50.9 Å². The van der Waals surface area contributed by atoms with Crippen LogP contribution in [0.4, 0.5) is 13.2 Å². The molecule has 1 saturated heterocycles. The quantitative estimate of drug-likeness (QED) is 0.552. The number of alkyl halides is 3. The van der Waals surface area contributed by atoms with E-state index in [2.05, 4.69) is 5.32 Å². The third kappa shape index (κ3) is 4.67. The Morgan fingerprint density at radius 1 is 1.07 bits per heavy atom. The lowest BCUT2D eigenvalue weighted by Crippen LogP contribution is -2.53. The second kappa shape index (κ2) is 8.48. The van der Waals surface area contributed by atoms with Crippen LogP contribution in [-0.2, 0) is 14.4 Å². The predicted octanol–water partition coefficient (Wildman–Crippen LogP) is 3.59. The van der Waals surface area contributed by atoms with Gasteiger partial charge in [0.25, 0.3) is 0 Å². The molecule has 0 spiro atoms. The standard InChI is InChI=1S/C21H29F3N2O3/c1-12(2)11-17(26-19(28)15-5-3-4-6-16(15)20(26)29)18(27)25-14-9-7-13(8-10-14)21(22,23)24/h3-4,12-17H,5-11H2,1-2H3,(H,25,27)/t13?,14?,15-,16-,17-/m1/s1. The molecule has 0 bridgehead atoms. The van der Waals surface area contributed by atoms with Gasteiger partial charge in [0.15, 0.2) is 0 Å². The molecule has 3 atom stereocenters. The van der Waals surface area contributed by atoms with Crippen molar-refractivity contribution in [1.29, 1.82) is 0 Å². The Labute approximate surface area is 169 Å². The maximum Gasteiger partial charge on any atom is 0.391 e. The van der Waals surface area contributed by atoms with Crippen molar-refractivity contribution in [3.8, 4) is 0 Å². The van der Waals surface area contributed by atoms with Crippen LogP contribution in [0.15, 0.2) is 12.2 Å². The van der Waals surface area contributed by atoms with Crippen molar-refractivity contribution in [2.24, 2.45) is 23.7 Å². The smallest absolute Gasteiger partial charge is 0.352 e. The first-order valence-electron chi connectivity index (χ1n) is 10.5. The molecule has 3 aliphatic rings. The second-order valence-electron chi connectivity index (χ2n) is 8.95. The fraction of sp³-hybridized carbons (Fsp3) is 0.762. The Bertz CT molecular complexity index is 655. The average Bonchev–Trinajstić information content (AvgIpc) is 2.90. The molecule has 1 aliphatic heterocycles. The number of likely N-dealkylation sites (tertiary alicyclic amines) is 1. The molecular weight excluding hydrogens is 385 g/mol. The summed E-state index contributed by atoms with van der Waals surface area (Å²) in [6, 6.07) is -1.26. The number of halogens is 3. The van der Waals surface area contributed by atoms with Crippen LogP contribution < -0.4 is 5.32 Å². The Morgan fingerprint density at radius 3 is 2.03 bits per heavy atom. The van der Waals surface area contributed by atoms with Gasteiger partial charge in [0.2, 0.25) is 17.7 Å². The third-order valence-corrected chi connectivity index (χ3v) is 6.39. The van der Waals surface area contributed by atoms with E-state index in [-0.39, 0.29) is 49.5 Å². The molecule has 3 amide bonds. The lowest BCUT2D eigenvalue weighted by Gasteiger charge is -2.33. The molecule has 29 heavy (non-hydrogen) atoms. The number of fused-ring (bicyclic) bond motifs is 1. The third-order valence-electron chi connectivity index (χ3n) is 6.39. The van der Waals surface area contributed by atoms with E-state index >= 15 is 0 Å². The number of hydrogen-bond donors (Lipinski definition) is 1. The fourth-order valence-electron chi connectivity index (χ4n) is 4.77. The predicted molar refractivity (Wildman–Crippen MR) is 100 cm³/mol. The molecule has 3 rings (SSSR count). The number of hydrogen-bond acceptors (Lipinski definition) is 3. The first-order valence-corrected chi connectivity index (χ1v) is 10.5. The Balaban J connectivity index is 1.68. The molecular formula is C21H29F3N2O3. The van der Waals surface area contributed by atoms with Gasteiger partial charge in [-0.15, -0.1) is 0 Å². The van der Waals surface area contributed by atoms with Crippen LogP contribution in [0.5, 0.6) is 0 Å². The molecule has 0 radical (unpaired) electrons. The normalized spacial score (nSPS) is 31.2. The molecule has 0 aromatic heterocycles. The molecule has 0 aromatic rings. The number of nitrogens with one attached hydrogen (secondary N) is 1. The van der Waals surface area contributed by atoms with E-state index < -0.39 is 35.9 Å². The van der Waals surface area contributed by atoms with Crippen molar-refractivity contribution >= 4 is 17.7 Å². The lowest BCUT2D eigenvalue weighted by atomic mass is 9.85. The number of amides is 3. The van der Waals surface area contributed by atoms with Crippen LogP contribution in [0.1, 0.15) is 58.8 Å². The number of carbonyl (C=O) groups is 3. The van der Waals surface area contributed by atoms with Gasteiger partial charge in [-0.3, -0.25) is 19.3 Å². The first-order chi connectivity index (χ1) is 13.6. The summed E-state index contributed by atoms with van der Waals surface area (Å²) in [7, 11) is 0. The highest BCUT2D eigenvalue weighted by Gasteiger charge is 2.51. The van der Waals surface area contributed by atoms with Crippen molar-refractivity contribution in [3.05, 3.63) is 12.2 Å². The van der Waals surface area contributed by atoms with E-state index in [1.165, 1.54) is 0 Å². The van der Waals surface area contributed by atoms with Crippen LogP contribution in [-0.4, -0.2) is 40.9 Å². The van der Waals surface area contributed by atoms with Crippen LogP contribution in [0.3, 0.4) is 0 Å². The lowest BCUT2D eigenvalue weighted by molar-refractivity contribution is -0.182. The summed E-state index contributed by atoms with van der Waals surface area (Å²) in [6.07, 6.45) is 1.41. The van der Waals surface area contributed by atoms with E-state index in [4.69, 9.17) is 0 Å². The maximum atomic E-state index is 13.0. The van der Waals surface area contributed by atoms with E-state index in [9.17, 15) is 27.6 Å². The number of imide groups is 1. The number of allylic oxidation sites excluding steroid dienone is 2. The molecule has 2 aliphatic carbocycles. The maximum absolute atomic E-state index is 13.0. The van der Waals surface area contributed by atoms with Gasteiger partial charge in [0.1, 0.15) is 6.04 Å². The molecule has 0 unspecified atom stereocenters. The van der Waals surface area contributed by atoms with E-state index in [1.54, 1.807) is 0 Å². The number of nitrogens with zero attached hydrogens (tertiary/aromatic N) is 1. The highest BCUT2D eigenvalue weighted by atomic mass is 19.4. The summed E-state index contributed by atoms with van der Waals surface area (Å²) < 4.78 is 38.6. The zero-order valence-corrected chi connectivity index (χ0v) is 16.9. The van der Waals surface area contributed by atoms with Crippen LogP contribution in [0.25, 0.3) is 0 Å². The van der Waals surface area contributed by atoms with Crippen molar-refractivity contribution in [2.75, 3.05) is 0 Å². The van der Waals surface area contributed by atoms with Crippen LogP contribution in [0, 0.1) is 23.7 Å². The molecule has 162 valence electrons. The summed E-state index contributed by atoms with van der Waals surface area (Å²) >= 11 is 0. The van der Waals surface area contributed by atoms with Crippen molar-refractivity contribution < 1.29 is 27.6 Å². The van der Waals surface area contributed by atoms with Crippen LogP contribution >= 0.6 is 0 Å². The molecule has 0 aromatic carbocycles. The highest BCUT2D eigenvalue weighted by Crippen LogP contribution is 2.39. The van der Waals surface area contributed by atoms with Gasteiger partial charge < -0.3 is 5.32 Å². The van der Waals surface area contributed by atoms with Gasteiger partial charge in [0, 0.05) is 6.04 Å². The molecule has 2 fully saturated rings. The minimum Gasteiger partial charge on any atom is -0.352 e. The number of carbonyl (C=O) groups excluding carboxylic acids is 3. The van der Waals surface area contributed by atoms with Gasteiger partial charge in [-0.25, -0.2) is 0 Å². The molecule has 1 saturated carbocycles. The minimum atomic E-state index is -4.20. The highest BCUT2D eigenvalue weighted by molar-refractivity contribution is 6.08. The van der Waals surface area contributed by atoms with E-state index in [0.717, 1.165) is 4.90 Å². The molecule has 1 N–H and O–H groups in total. The first kappa shape index (κ1) is 21.8. The summed E-state index contributed by atoms with van der Waals surface area (Å²) in [4.78, 5) is 39.9. The van der Waals surface area contributed by atoms with E-state index in [0.29, 0.717) is 19.3 Å². The Morgan fingerprint density at radius 2 is 1.59 bits per heavy atom. The Hall–Kier alpha value is -1.86. The van der Waals surface area contributed by atoms with Crippen molar-refractivity contribution in [2.45, 2.75) is 77.1 Å². The summed E-state index contributed by atoms with van der Waals surface area (Å²) in [6.45, 7) is 3.82. The van der Waals surface area contributed by atoms with Gasteiger partial charge in [-0.1, -0.05) is 26.0 Å². The van der Waals surface area contributed by atoms with Crippen molar-refractivity contribution in [3.63, 3.8) is 0 Å². The molecule has 5 nitrogen and oxygen atoms in total.